The lowest BCUT2D eigenvalue weighted by Crippen LogP contribution is -2.13. The van der Waals surface area contributed by atoms with Gasteiger partial charge in [0.15, 0.2) is 5.69 Å². The number of rotatable bonds is 7. The van der Waals surface area contributed by atoms with Crippen LogP contribution >= 0.6 is 0 Å². The summed E-state index contributed by atoms with van der Waals surface area (Å²) in [5, 5.41) is 10.7. The van der Waals surface area contributed by atoms with E-state index in [4.69, 9.17) is 9.47 Å². The topological polar surface area (TPSA) is 102 Å². The first-order valence-electron chi connectivity index (χ1n) is 12.3. The molecule has 8 heteroatoms. The number of amides is 1. The number of hydrogen-bond donors (Lipinski definition) is 2. The fourth-order valence-corrected chi connectivity index (χ4v) is 4.13. The van der Waals surface area contributed by atoms with Gasteiger partial charge in [0.2, 0.25) is 5.88 Å². The quantitative estimate of drug-likeness (QED) is 0.235. The molecule has 3 aromatic heterocycles. The lowest BCUT2D eigenvalue weighted by Gasteiger charge is -2.08. The standard InChI is InChI=1S/C31H23N5O3/c1-20-6-5-9-25(14-20)39-29-13-11-23(18-33-29)34-31(37)30-27-16-21(10-12-28(27)35-36-30)22-15-26(19-32-17-22)38-24-7-3-2-4-8-24/h2-19H,1H3,(H,34,37)(H,35,36). The predicted molar refractivity (Wildman–Crippen MR) is 149 cm³/mol. The van der Waals surface area contributed by atoms with Crippen molar-refractivity contribution in [3.63, 3.8) is 0 Å². The molecule has 2 N–H and O–H groups in total. The maximum Gasteiger partial charge on any atom is 0.276 e. The number of hydrogen-bond acceptors (Lipinski definition) is 6. The number of para-hydroxylation sites is 1. The number of aromatic nitrogens is 4. The SMILES string of the molecule is Cc1cccc(Oc2ccc(NC(=O)c3n[nH]c4ccc(-c5cncc(Oc6ccccc6)c5)cc34)cn2)c1. The lowest BCUT2D eigenvalue weighted by molar-refractivity contribution is 0.102. The Balaban J connectivity index is 1.20. The van der Waals surface area contributed by atoms with Crippen LogP contribution in [0, 0.1) is 6.92 Å². The Hall–Kier alpha value is -5.50. The highest BCUT2D eigenvalue weighted by Crippen LogP contribution is 2.29. The van der Waals surface area contributed by atoms with Gasteiger partial charge in [-0.1, -0.05) is 36.4 Å². The van der Waals surface area contributed by atoms with Crippen LogP contribution in [0.25, 0.3) is 22.0 Å². The van der Waals surface area contributed by atoms with Crippen molar-refractivity contribution in [3.8, 4) is 34.3 Å². The van der Waals surface area contributed by atoms with Gasteiger partial charge in [-0.15, -0.1) is 0 Å². The van der Waals surface area contributed by atoms with Crippen molar-refractivity contribution in [3.05, 3.63) is 121 Å². The minimum absolute atomic E-state index is 0.275. The predicted octanol–water partition coefficient (Wildman–Crippen LogP) is 7.17. The van der Waals surface area contributed by atoms with Crippen LogP contribution in [0.15, 0.2) is 110 Å². The number of H-pyrrole nitrogens is 1. The number of aryl methyl sites for hydroxylation is 1. The third-order valence-corrected chi connectivity index (χ3v) is 6.01. The molecule has 8 nitrogen and oxygen atoms in total. The molecule has 190 valence electrons. The first-order valence-corrected chi connectivity index (χ1v) is 12.3. The highest BCUT2D eigenvalue weighted by molar-refractivity contribution is 6.11. The number of pyridine rings is 2. The molecule has 3 heterocycles. The number of ether oxygens (including phenoxy) is 2. The van der Waals surface area contributed by atoms with Crippen molar-refractivity contribution >= 4 is 22.5 Å². The molecule has 0 saturated carbocycles. The van der Waals surface area contributed by atoms with Crippen molar-refractivity contribution in [2.75, 3.05) is 5.32 Å². The molecule has 1 amide bonds. The minimum atomic E-state index is -0.355. The molecule has 0 aliphatic heterocycles. The molecule has 0 spiro atoms. The normalized spacial score (nSPS) is 10.8. The molecule has 6 rings (SSSR count). The van der Waals surface area contributed by atoms with Crippen LogP contribution in [0.3, 0.4) is 0 Å². The first kappa shape index (κ1) is 23.9. The van der Waals surface area contributed by atoms with Crippen molar-refractivity contribution in [2.45, 2.75) is 6.92 Å². The largest absolute Gasteiger partial charge is 0.456 e. The van der Waals surface area contributed by atoms with E-state index in [0.29, 0.717) is 28.5 Å². The Kier molecular flexibility index (Phi) is 6.41. The molecule has 0 saturated heterocycles. The van der Waals surface area contributed by atoms with Crippen molar-refractivity contribution < 1.29 is 14.3 Å². The number of anilines is 1. The van der Waals surface area contributed by atoms with Gasteiger partial charge in [-0.3, -0.25) is 14.9 Å². The molecule has 0 atom stereocenters. The number of nitrogens with one attached hydrogen (secondary N) is 2. The number of carbonyl (C=O) groups is 1. The summed E-state index contributed by atoms with van der Waals surface area (Å²) < 4.78 is 11.7. The molecule has 0 unspecified atom stereocenters. The average molecular weight is 514 g/mol. The summed E-state index contributed by atoms with van der Waals surface area (Å²) in [5.41, 5.74) is 4.37. The number of carbonyl (C=O) groups excluding carboxylic acids is 1. The zero-order valence-electron chi connectivity index (χ0n) is 21.0. The van der Waals surface area contributed by atoms with Gasteiger partial charge >= 0.3 is 0 Å². The second kappa shape index (κ2) is 10.5. The molecule has 3 aromatic carbocycles. The summed E-state index contributed by atoms with van der Waals surface area (Å²) in [6.45, 7) is 2.00. The van der Waals surface area contributed by atoms with Crippen LogP contribution in [0.2, 0.25) is 0 Å². The Morgan fingerprint density at radius 3 is 2.46 bits per heavy atom. The smallest absolute Gasteiger partial charge is 0.276 e. The van der Waals surface area contributed by atoms with Gasteiger partial charge in [0.1, 0.15) is 17.2 Å². The van der Waals surface area contributed by atoms with Crippen molar-refractivity contribution in [2.24, 2.45) is 0 Å². The Morgan fingerprint density at radius 1 is 0.769 bits per heavy atom. The number of nitrogens with zero attached hydrogens (tertiary/aromatic N) is 3. The summed E-state index contributed by atoms with van der Waals surface area (Å²) >= 11 is 0. The summed E-state index contributed by atoms with van der Waals surface area (Å²) in [6, 6.07) is 28.3. The molecule has 0 radical (unpaired) electrons. The molecule has 0 aliphatic rings. The van der Waals surface area contributed by atoms with Gasteiger partial charge in [-0.05, 0) is 66.6 Å². The van der Waals surface area contributed by atoms with E-state index < -0.39 is 0 Å². The second-order valence-corrected chi connectivity index (χ2v) is 8.91. The highest BCUT2D eigenvalue weighted by Gasteiger charge is 2.16. The Bertz CT molecular complexity index is 1770. The number of aromatic amines is 1. The van der Waals surface area contributed by atoms with E-state index >= 15 is 0 Å². The van der Waals surface area contributed by atoms with Crippen LogP contribution in [0.1, 0.15) is 16.1 Å². The minimum Gasteiger partial charge on any atom is -0.456 e. The van der Waals surface area contributed by atoms with E-state index in [9.17, 15) is 4.79 Å². The van der Waals surface area contributed by atoms with Gasteiger partial charge in [0.25, 0.3) is 5.91 Å². The monoisotopic (exact) mass is 513 g/mol. The van der Waals surface area contributed by atoms with Gasteiger partial charge in [-0.2, -0.15) is 5.10 Å². The zero-order chi connectivity index (χ0) is 26.6. The lowest BCUT2D eigenvalue weighted by atomic mass is 10.0. The Labute approximate surface area is 224 Å². The third kappa shape index (κ3) is 5.45. The maximum absolute atomic E-state index is 13.1. The summed E-state index contributed by atoms with van der Waals surface area (Å²) in [5.74, 6) is 2.12. The molecular formula is C31H23N5O3. The van der Waals surface area contributed by atoms with E-state index in [1.54, 1.807) is 30.7 Å². The van der Waals surface area contributed by atoms with E-state index in [2.05, 4.69) is 25.5 Å². The average Bonchev–Trinajstić information content (AvgIpc) is 3.38. The molecule has 0 aliphatic carbocycles. The maximum atomic E-state index is 13.1. The van der Waals surface area contributed by atoms with Crippen LogP contribution in [0.4, 0.5) is 5.69 Å². The summed E-state index contributed by atoms with van der Waals surface area (Å²) in [4.78, 5) is 21.8. The van der Waals surface area contributed by atoms with Crippen LogP contribution < -0.4 is 14.8 Å². The van der Waals surface area contributed by atoms with Gasteiger partial charge < -0.3 is 14.8 Å². The molecule has 39 heavy (non-hydrogen) atoms. The summed E-state index contributed by atoms with van der Waals surface area (Å²) in [7, 11) is 0. The summed E-state index contributed by atoms with van der Waals surface area (Å²) in [6.07, 6.45) is 4.97. The number of benzene rings is 3. The van der Waals surface area contributed by atoms with Crippen molar-refractivity contribution in [1.82, 2.24) is 20.2 Å². The number of fused-ring (bicyclic) bond motifs is 1. The van der Waals surface area contributed by atoms with Gasteiger partial charge in [0, 0.05) is 23.2 Å². The fraction of sp³-hybridized carbons (Fsp3) is 0.0323. The van der Waals surface area contributed by atoms with E-state index in [-0.39, 0.29) is 11.6 Å². The van der Waals surface area contributed by atoms with Crippen LogP contribution in [-0.4, -0.2) is 26.1 Å². The molecular weight excluding hydrogens is 490 g/mol. The highest BCUT2D eigenvalue weighted by atomic mass is 16.5. The van der Waals surface area contributed by atoms with Gasteiger partial charge in [-0.25, -0.2) is 4.98 Å². The molecule has 0 fully saturated rings. The van der Waals surface area contributed by atoms with Crippen LogP contribution in [-0.2, 0) is 0 Å². The first-order chi connectivity index (χ1) is 19.1. The molecule has 6 aromatic rings. The van der Waals surface area contributed by atoms with E-state index in [0.717, 1.165) is 28.0 Å². The third-order valence-electron chi connectivity index (χ3n) is 6.01. The van der Waals surface area contributed by atoms with Crippen LogP contribution in [0.5, 0.6) is 23.1 Å². The zero-order valence-corrected chi connectivity index (χ0v) is 21.0. The van der Waals surface area contributed by atoms with Gasteiger partial charge in [0.05, 0.1) is 23.6 Å². The fourth-order valence-electron chi connectivity index (χ4n) is 4.13. The Morgan fingerprint density at radius 2 is 1.64 bits per heavy atom. The van der Waals surface area contributed by atoms with E-state index in [1.165, 1.54) is 0 Å². The van der Waals surface area contributed by atoms with E-state index in [1.807, 2.05) is 85.8 Å². The second-order valence-electron chi connectivity index (χ2n) is 8.91. The van der Waals surface area contributed by atoms with Crippen molar-refractivity contribution in [1.29, 1.82) is 0 Å². The molecule has 0 bridgehead atoms.